The molecule has 0 heterocycles. The smallest absolute Gasteiger partial charge is 0.237 e. The van der Waals surface area contributed by atoms with Crippen LogP contribution in [0.4, 0.5) is 0 Å². The van der Waals surface area contributed by atoms with Gasteiger partial charge in [-0.1, -0.05) is 24.3 Å². The predicted octanol–water partition coefficient (Wildman–Crippen LogP) is 1.82. The summed E-state index contributed by atoms with van der Waals surface area (Å²) in [5.74, 6) is 0.838. The number of carbonyl (C=O) groups excluding carboxylic acids is 1. The van der Waals surface area contributed by atoms with Crippen LogP contribution >= 0.6 is 0 Å². The fourth-order valence-corrected chi connectivity index (χ4v) is 1.76. The lowest BCUT2D eigenvalue weighted by Crippen LogP contribution is -2.42. The first-order valence-electron chi connectivity index (χ1n) is 6.31. The molecule has 0 fully saturated rings. The molecule has 4 nitrogen and oxygen atoms in total. The van der Waals surface area contributed by atoms with Crippen molar-refractivity contribution in [3.63, 3.8) is 0 Å². The number of ether oxygens (including phenoxy) is 1. The lowest BCUT2D eigenvalue weighted by atomic mass is 10.1. The molecule has 0 saturated carbocycles. The number of para-hydroxylation sites is 1. The third-order valence-corrected chi connectivity index (χ3v) is 3.07. The van der Waals surface area contributed by atoms with Gasteiger partial charge in [0.1, 0.15) is 5.75 Å². The molecule has 1 amide bonds. The number of nitrogens with zero attached hydrogens (tertiary/aromatic N) is 1. The number of rotatable bonds is 7. The summed E-state index contributed by atoms with van der Waals surface area (Å²) in [6.45, 7) is 6.62. The van der Waals surface area contributed by atoms with E-state index in [1.807, 2.05) is 43.1 Å². The van der Waals surface area contributed by atoms with Crippen molar-refractivity contribution in [3.8, 4) is 5.75 Å². The molecule has 19 heavy (non-hydrogen) atoms. The zero-order chi connectivity index (χ0) is 14.3. The van der Waals surface area contributed by atoms with Crippen LogP contribution in [0.3, 0.4) is 0 Å². The molecule has 1 rings (SSSR count). The highest BCUT2D eigenvalue weighted by Gasteiger charge is 2.18. The maximum absolute atomic E-state index is 11.9. The Balaban J connectivity index is 2.65. The molecular formula is C15H22N2O2. The first kappa shape index (κ1) is 15.2. The van der Waals surface area contributed by atoms with E-state index in [1.165, 1.54) is 0 Å². The average Bonchev–Trinajstić information content (AvgIpc) is 2.44. The van der Waals surface area contributed by atoms with E-state index in [9.17, 15) is 4.79 Å². The highest BCUT2D eigenvalue weighted by molar-refractivity contribution is 5.81. The third-order valence-electron chi connectivity index (χ3n) is 3.07. The van der Waals surface area contributed by atoms with Crippen LogP contribution in [0.5, 0.6) is 5.75 Å². The largest absolute Gasteiger partial charge is 0.496 e. The normalized spacial score (nSPS) is 12.0. The Kier molecular flexibility index (Phi) is 6.09. The van der Waals surface area contributed by atoms with Crippen LogP contribution in [-0.4, -0.2) is 37.6 Å². The lowest BCUT2D eigenvalue weighted by molar-refractivity contribution is -0.125. The molecule has 4 heteroatoms. The van der Waals surface area contributed by atoms with Gasteiger partial charge in [-0.05, 0) is 20.0 Å². The van der Waals surface area contributed by atoms with Gasteiger partial charge in [-0.25, -0.2) is 0 Å². The average molecular weight is 262 g/mol. The summed E-state index contributed by atoms with van der Waals surface area (Å²) in [6.07, 6.45) is 1.67. The molecule has 0 spiro atoms. The SMILES string of the molecule is C=CCNC(=O)C(C)N(C)Cc1ccccc1OC. The van der Waals surface area contributed by atoms with E-state index in [4.69, 9.17) is 4.74 Å². The van der Waals surface area contributed by atoms with Crippen LogP contribution in [0.25, 0.3) is 0 Å². The molecule has 1 N–H and O–H groups in total. The number of nitrogens with one attached hydrogen (secondary N) is 1. The van der Waals surface area contributed by atoms with Gasteiger partial charge in [0.2, 0.25) is 5.91 Å². The predicted molar refractivity (Wildman–Crippen MR) is 77.1 cm³/mol. The van der Waals surface area contributed by atoms with Crippen molar-refractivity contribution >= 4 is 5.91 Å². The number of amides is 1. The molecule has 0 bridgehead atoms. The molecule has 1 aromatic rings. The van der Waals surface area contributed by atoms with Crippen molar-refractivity contribution in [2.45, 2.75) is 19.5 Å². The van der Waals surface area contributed by atoms with E-state index in [-0.39, 0.29) is 11.9 Å². The first-order chi connectivity index (χ1) is 9.10. The number of carbonyl (C=O) groups is 1. The zero-order valence-electron chi connectivity index (χ0n) is 11.8. The third kappa shape index (κ3) is 4.41. The van der Waals surface area contributed by atoms with Gasteiger partial charge in [-0.15, -0.1) is 6.58 Å². The highest BCUT2D eigenvalue weighted by atomic mass is 16.5. The molecule has 1 unspecified atom stereocenters. The molecule has 0 saturated heterocycles. The molecule has 0 aliphatic rings. The van der Waals surface area contributed by atoms with Crippen LogP contribution < -0.4 is 10.1 Å². The van der Waals surface area contributed by atoms with Crippen molar-refractivity contribution in [3.05, 3.63) is 42.5 Å². The Labute approximate surface area is 115 Å². The Morgan fingerprint density at radius 3 is 2.84 bits per heavy atom. The molecule has 104 valence electrons. The summed E-state index contributed by atoms with van der Waals surface area (Å²) < 4.78 is 5.31. The Morgan fingerprint density at radius 2 is 2.21 bits per heavy atom. The second kappa shape index (κ2) is 7.59. The van der Waals surface area contributed by atoms with Crippen LogP contribution in [-0.2, 0) is 11.3 Å². The van der Waals surface area contributed by atoms with Gasteiger partial charge in [0.25, 0.3) is 0 Å². The van der Waals surface area contributed by atoms with Gasteiger partial charge in [0.15, 0.2) is 0 Å². The second-order valence-corrected chi connectivity index (χ2v) is 4.44. The zero-order valence-corrected chi connectivity index (χ0v) is 11.8. The van der Waals surface area contributed by atoms with Crippen molar-refractivity contribution in [1.29, 1.82) is 0 Å². The Bertz CT molecular complexity index is 432. The van der Waals surface area contributed by atoms with Gasteiger partial charge < -0.3 is 10.1 Å². The first-order valence-corrected chi connectivity index (χ1v) is 6.31. The minimum absolute atomic E-state index is 0.00250. The van der Waals surface area contributed by atoms with E-state index in [1.54, 1.807) is 13.2 Å². The summed E-state index contributed by atoms with van der Waals surface area (Å²) in [6, 6.07) is 7.62. The minimum atomic E-state index is -0.204. The number of benzene rings is 1. The minimum Gasteiger partial charge on any atom is -0.496 e. The topological polar surface area (TPSA) is 41.6 Å². The summed E-state index contributed by atoms with van der Waals surface area (Å²) in [5, 5.41) is 2.80. The maximum Gasteiger partial charge on any atom is 0.237 e. The van der Waals surface area contributed by atoms with Crippen molar-refractivity contribution < 1.29 is 9.53 Å². The van der Waals surface area contributed by atoms with Crippen LogP contribution in [0.1, 0.15) is 12.5 Å². The fraction of sp³-hybridized carbons (Fsp3) is 0.400. The van der Waals surface area contributed by atoms with E-state index in [0.717, 1.165) is 11.3 Å². The lowest BCUT2D eigenvalue weighted by Gasteiger charge is -2.24. The van der Waals surface area contributed by atoms with Crippen LogP contribution in [0, 0.1) is 0 Å². The quantitative estimate of drug-likeness (QED) is 0.762. The van der Waals surface area contributed by atoms with Gasteiger partial charge in [0.05, 0.1) is 13.2 Å². The summed E-state index contributed by atoms with van der Waals surface area (Å²) in [4.78, 5) is 13.8. The summed E-state index contributed by atoms with van der Waals surface area (Å²) in [7, 11) is 3.57. The molecule has 0 aliphatic carbocycles. The van der Waals surface area contributed by atoms with E-state index >= 15 is 0 Å². The number of hydrogen-bond acceptors (Lipinski definition) is 3. The number of methoxy groups -OCH3 is 1. The Morgan fingerprint density at radius 1 is 1.53 bits per heavy atom. The summed E-state index contributed by atoms with van der Waals surface area (Å²) in [5.41, 5.74) is 1.07. The van der Waals surface area contributed by atoms with Crippen molar-refractivity contribution in [2.75, 3.05) is 20.7 Å². The molecule has 0 aromatic heterocycles. The van der Waals surface area contributed by atoms with Gasteiger partial charge in [-0.2, -0.15) is 0 Å². The van der Waals surface area contributed by atoms with E-state index < -0.39 is 0 Å². The van der Waals surface area contributed by atoms with E-state index in [2.05, 4.69) is 11.9 Å². The molecular weight excluding hydrogens is 240 g/mol. The van der Waals surface area contributed by atoms with Gasteiger partial charge in [-0.3, -0.25) is 9.69 Å². The highest BCUT2D eigenvalue weighted by Crippen LogP contribution is 2.19. The second-order valence-electron chi connectivity index (χ2n) is 4.44. The number of hydrogen-bond donors (Lipinski definition) is 1. The summed E-state index contributed by atoms with van der Waals surface area (Å²) >= 11 is 0. The van der Waals surface area contributed by atoms with Crippen LogP contribution in [0.2, 0.25) is 0 Å². The molecule has 1 atom stereocenters. The fourth-order valence-electron chi connectivity index (χ4n) is 1.76. The molecule has 0 radical (unpaired) electrons. The van der Waals surface area contributed by atoms with E-state index in [0.29, 0.717) is 13.1 Å². The monoisotopic (exact) mass is 262 g/mol. The van der Waals surface area contributed by atoms with Crippen molar-refractivity contribution in [2.24, 2.45) is 0 Å². The number of likely N-dealkylation sites (N-methyl/N-ethyl adjacent to an activating group) is 1. The van der Waals surface area contributed by atoms with Crippen molar-refractivity contribution in [1.82, 2.24) is 10.2 Å². The molecule has 0 aliphatic heterocycles. The van der Waals surface area contributed by atoms with Crippen LogP contribution in [0.15, 0.2) is 36.9 Å². The molecule has 1 aromatic carbocycles. The Hall–Kier alpha value is -1.81. The van der Waals surface area contributed by atoms with Gasteiger partial charge >= 0.3 is 0 Å². The maximum atomic E-state index is 11.9. The standard InChI is InChI=1S/C15H22N2O2/c1-5-10-16-15(18)12(2)17(3)11-13-8-6-7-9-14(13)19-4/h5-9,12H,1,10-11H2,2-4H3,(H,16,18). The van der Waals surface area contributed by atoms with Gasteiger partial charge in [0, 0.05) is 18.7 Å².